The number of hydrogen-bond donors (Lipinski definition) is 2. The summed E-state index contributed by atoms with van der Waals surface area (Å²) in [6, 6.07) is 11.5. The van der Waals surface area contributed by atoms with Crippen molar-refractivity contribution in [2.45, 2.75) is 381 Å². The molecule has 0 radical (unpaired) electrons. The summed E-state index contributed by atoms with van der Waals surface area (Å²) >= 11 is 0. The number of nitrogens with one attached hydrogen (secondary N) is 2. The number of aryl methyl sites for hydroxylation is 3. The van der Waals surface area contributed by atoms with Gasteiger partial charge in [-0.1, -0.05) is 195 Å². The molecule has 670 valence electrons. The number of rotatable bonds is 15. The molecule has 1 saturated carbocycles. The van der Waals surface area contributed by atoms with Crippen LogP contribution in [-0.4, -0.2) is 170 Å². The van der Waals surface area contributed by atoms with Gasteiger partial charge in [0.05, 0.1) is 34.9 Å². The molecule has 2 N–H and O–H groups in total. The Hall–Kier alpha value is -7.81. The Kier molecular flexibility index (Phi) is 37.4. The van der Waals surface area contributed by atoms with E-state index in [-0.39, 0.29) is 90.4 Å². The van der Waals surface area contributed by atoms with E-state index >= 15 is 0 Å². The third kappa shape index (κ3) is 25.5. The molecule has 20 nitrogen and oxygen atoms in total. The Labute approximate surface area is 728 Å². The predicted molar refractivity (Wildman–Crippen MR) is 490 cm³/mol. The molecule has 7 aliphatic rings. The van der Waals surface area contributed by atoms with Gasteiger partial charge in [-0.25, -0.2) is 0 Å². The van der Waals surface area contributed by atoms with Crippen molar-refractivity contribution in [2.75, 3.05) is 63.7 Å². The van der Waals surface area contributed by atoms with Crippen molar-refractivity contribution < 1.29 is 57.4 Å². The topological polar surface area (TPSA) is 230 Å². The number of benzene rings is 3. The summed E-state index contributed by atoms with van der Waals surface area (Å²) in [5.41, 5.74) is 11.8. The predicted octanol–water partition coefficient (Wildman–Crippen LogP) is 20.9. The highest BCUT2D eigenvalue weighted by Crippen LogP contribution is 2.38. The lowest BCUT2D eigenvalue weighted by atomic mass is 9.89. The summed E-state index contributed by atoms with van der Waals surface area (Å²) in [6.45, 7) is 19.7. The van der Waals surface area contributed by atoms with Crippen LogP contribution in [0.5, 0.6) is 0 Å². The van der Waals surface area contributed by atoms with Crippen molar-refractivity contribution >= 4 is 96.5 Å². The van der Waals surface area contributed by atoms with Crippen LogP contribution in [0.25, 0.3) is 32.7 Å². The van der Waals surface area contributed by atoms with E-state index in [2.05, 4.69) is 54.8 Å². The van der Waals surface area contributed by atoms with Crippen LogP contribution in [0.15, 0.2) is 55.0 Å². The van der Waals surface area contributed by atoms with Gasteiger partial charge in [0.25, 0.3) is 0 Å². The van der Waals surface area contributed by atoms with Crippen molar-refractivity contribution in [1.29, 1.82) is 0 Å². The number of Topliss-reactive ketones (excluding diaryl/α,β-unsaturated/α-hetero) is 6. The molecule has 3 aromatic heterocycles. The van der Waals surface area contributed by atoms with E-state index in [1.807, 2.05) is 66.2 Å². The molecule has 6 aromatic rings. The fraction of sp³-hybridized carbons (Fsp3) is 0.676. The molecular formula is C102H150N8O12. The van der Waals surface area contributed by atoms with E-state index in [1.165, 1.54) is 164 Å². The second-order valence-electron chi connectivity index (χ2n) is 37.1. The first-order valence-electron chi connectivity index (χ1n) is 48.4. The van der Waals surface area contributed by atoms with Crippen molar-refractivity contribution in [3.63, 3.8) is 0 Å². The summed E-state index contributed by atoms with van der Waals surface area (Å²) in [6.07, 6.45) is 50.5. The average molecular weight is 1680 g/mol. The maximum absolute atomic E-state index is 14.0. The van der Waals surface area contributed by atoms with E-state index in [9.17, 15) is 43.2 Å². The van der Waals surface area contributed by atoms with Crippen LogP contribution in [0, 0.1) is 11.8 Å². The quantitative estimate of drug-likeness (QED) is 0.0911. The fourth-order valence-electron chi connectivity index (χ4n) is 20.7. The molecule has 4 fully saturated rings. The monoisotopic (exact) mass is 1680 g/mol. The lowest BCUT2D eigenvalue weighted by Gasteiger charge is -2.27. The lowest BCUT2D eigenvalue weighted by molar-refractivity contribution is -0.140. The van der Waals surface area contributed by atoms with Gasteiger partial charge in [0.1, 0.15) is 37.8 Å². The van der Waals surface area contributed by atoms with Gasteiger partial charge in [-0.2, -0.15) is 0 Å². The number of ether oxygens (including phenoxy) is 3. The van der Waals surface area contributed by atoms with Gasteiger partial charge in [0, 0.05) is 135 Å². The van der Waals surface area contributed by atoms with Crippen LogP contribution in [0.4, 0.5) is 11.4 Å². The molecule has 20 heteroatoms. The largest absolute Gasteiger partial charge is 0.388 e. The third-order valence-electron chi connectivity index (χ3n) is 27.3. The summed E-state index contributed by atoms with van der Waals surface area (Å²) in [4.78, 5) is 124. The van der Waals surface area contributed by atoms with Crippen molar-refractivity contribution in [1.82, 2.24) is 28.4 Å². The number of carbonyl (C=O) groups excluding carboxylic acids is 9. The van der Waals surface area contributed by atoms with Crippen LogP contribution in [0.2, 0.25) is 0 Å². The highest BCUT2D eigenvalue weighted by molar-refractivity contribution is 6.11. The van der Waals surface area contributed by atoms with Gasteiger partial charge >= 0.3 is 0 Å². The highest BCUT2D eigenvalue weighted by atomic mass is 16.5. The molecular weight excluding hydrogens is 1530 g/mol. The Morgan fingerprint density at radius 3 is 1.02 bits per heavy atom. The van der Waals surface area contributed by atoms with Crippen LogP contribution >= 0.6 is 0 Å². The van der Waals surface area contributed by atoms with Gasteiger partial charge in [0.15, 0.2) is 34.7 Å². The fourth-order valence-corrected chi connectivity index (χ4v) is 20.7. The standard InChI is InChI=1S/C37H55N3O4.C34H50N2O4.C31H45N3O4/c1-3-33(42)37-34-19-20-40(37)35(43)26-39-25-32(27(2)41)31-23-30(38-24-28-16-12-11-13-17-28)22-29(36(31)39)18-14-9-7-5-4-6-8-10-15-21-44-34;1-5-30(38)34-31-16-17-36(34)32(39)23-35-22-29(25(4)37)28-21-26(19-24(2)3)20-27(33(28)35)15-13-11-9-7-6-8-10-12-14-18-40-31;1-4-27(36)31-28-15-16-34(31)29(37)21-33-20-26(22(2)35)25-19-24(32-3)18-23(30(25)33)14-12-10-8-6-5-7-9-11-13-17-38-28/h22-23,25,28,34,37-38H,3-21,24,26H2,1-2H3;20-22,24,31,34H,5-19,23H2,1-4H3;18-20,28,31-32H,4-17,21H2,1-3H3/t34-,37-;31-,34-;28-,31-/m111/s1. The van der Waals surface area contributed by atoms with Crippen LogP contribution < -0.4 is 10.6 Å². The van der Waals surface area contributed by atoms with E-state index in [0.29, 0.717) is 107 Å². The molecule has 1 aliphatic carbocycles. The third-order valence-corrected chi connectivity index (χ3v) is 27.3. The molecule has 6 aliphatic heterocycles. The number of nitrogens with zero attached hydrogens (tertiary/aromatic N) is 6. The van der Waals surface area contributed by atoms with Gasteiger partial charge in [-0.15, -0.1) is 0 Å². The number of aromatic nitrogens is 3. The number of fused-ring (bicyclic) bond motifs is 6. The summed E-state index contributed by atoms with van der Waals surface area (Å²) < 4.78 is 24.6. The Morgan fingerprint density at radius 1 is 0.385 bits per heavy atom. The maximum atomic E-state index is 14.0. The molecule has 13 rings (SSSR count). The van der Waals surface area contributed by atoms with E-state index < -0.39 is 18.1 Å². The highest BCUT2D eigenvalue weighted by Gasteiger charge is 2.45. The zero-order chi connectivity index (χ0) is 86.6. The molecule has 0 unspecified atom stereocenters. The molecule has 3 aromatic carbocycles. The Balaban J connectivity index is 0.000000179. The lowest BCUT2D eigenvalue weighted by Crippen LogP contribution is -2.46. The molecule has 6 bridgehead atoms. The zero-order valence-electron chi connectivity index (χ0n) is 76.2. The van der Waals surface area contributed by atoms with Crippen molar-refractivity contribution in [3.8, 4) is 0 Å². The maximum Gasteiger partial charge on any atom is 0.243 e. The summed E-state index contributed by atoms with van der Waals surface area (Å²) in [5, 5.41) is 9.75. The smallest absolute Gasteiger partial charge is 0.243 e. The van der Waals surface area contributed by atoms with Crippen LogP contribution in [-0.2, 0) is 88.3 Å². The minimum absolute atomic E-state index is 0.00998. The Morgan fingerprint density at radius 2 is 0.689 bits per heavy atom. The summed E-state index contributed by atoms with van der Waals surface area (Å²) in [7, 11) is 1.89. The second-order valence-corrected chi connectivity index (χ2v) is 37.1. The number of amides is 3. The molecule has 9 heterocycles. The van der Waals surface area contributed by atoms with Crippen LogP contribution in [0.1, 0.15) is 353 Å². The number of hydrogen-bond acceptors (Lipinski definition) is 14. The molecule has 6 atom stereocenters. The average Bonchev–Trinajstić information content (AvgIpc) is 1.62. The van der Waals surface area contributed by atoms with Crippen LogP contribution in [0.3, 0.4) is 0 Å². The molecule has 0 spiro atoms. The number of carbonyl (C=O) groups is 9. The first-order chi connectivity index (χ1) is 59.2. The molecule has 3 amide bonds. The van der Waals surface area contributed by atoms with E-state index in [4.69, 9.17) is 14.2 Å². The summed E-state index contributed by atoms with van der Waals surface area (Å²) in [5.74, 6) is 1.18. The van der Waals surface area contributed by atoms with Crippen molar-refractivity contribution in [3.05, 3.63) is 93.9 Å². The minimum atomic E-state index is -0.526. The van der Waals surface area contributed by atoms with Crippen molar-refractivity contribution in [2.24, 2.45) is 11.8 Å². The first kappa shape index (κ1) is 94.9. The van der Waals surface area contributed by atoms with Gasteiger partial charge in [-0.05, 0) is 182 Å². The normalized spacial score (nSPS) is 22.7. The number of ketones is 6. The van der Waals surface area contributed by atoms with Gasteiger partial charge in [0.2, 0.25) is 17.7 Å². The Bertz CT molecular complexity index is 4480. The van der Waals surface area contributed by atoms with Gasteiger partial charge < -0.3 is 53.2 Å². The number of anilines is 2. The molecule has 122 heavy (non-hydrogen) atoms. The van der Waals surface area contributed by atoms with E-state index in [0.717, 1.165) is 140 Å². The minimum Gasteiger partial charge on any atom is -0.388 e. The molecule has 3 saturated heterocycles. The van der Waals surface area contributed by atoms with Gasteiger partial charge in [-0.3, -0.25) is 43.2 Å². The second kappa shape index (κ2) is 48.1. The van der Waals surface area contributed by atoms with E-state index in [1.54, 1.807) is 35.5 Å². The first-order valence-corrected chi connectivity index (χ1v) is 48.4. The zero-order valence-corrected chi connectivity index (χ0v) is 76.2. The SMILES string of the molecule is CCC(=O)[C@@H]1[C@H]2CCN1C(=O)Cn1cc(C(C)=O)c3cc(CC(C)C)cc(c31)CCCCCCCCCCCO2.CCC(=O)[C@@H]1[C@H]2CCN1C(=O)Cn1cc(C(C)=O)c3cc(NC)cc(c31)CCCCCCCCCCCO2.CCC(=O)[C@@H]1[C@H]2CCN1C(=O)Cn1cc(C(C)=O)c3cc(NCC4CCCCC4)cc(c31)CCCCCCCCCCCO2.